The van der Waals surface area contributed by atoms with Gasteiger partial charge in [-0.05, 0) is 12.1 Å². The van der Waals surface area contributed by atoms with Crippen LogP contribution in [0, 0.1) is 0 Å². The van der Waals surface area contributed by atoms with Gasteiger partial charge >= 0.3 is 0 Å². The van der Waals surface area contributed by atoms with Crippen molar-refractivity contribution in [2.45, 2.75) is 18.1 Å². The van der Waals surface area contributed by atoms with Crippen LogP contribution in [0.15, 0.2) is 33.8 Å². The Labute approximate surface area is 111 Å². The molecule has 1 saturated heterocycles. The van der Waals surface area contributed by atoms with Gasteiger partial charge in [-0.2, -0.15) is 0 Å². The van der Waals surface area contributed by atoms with Gasteiger partial charge < -0.3 is 13.9 Å². The number of hydrogen-bond donors (Lipinski definition) is 0. The van der Waals surface area contributed by atoms with Crippen molar-refractivity contribution < 1.29 is 22.3 Å². The standard InChI is InChI=1S/C13H14O5S/c1-2-19(14,15)13-6-10-11(17-8-9-7-16-9)4-3-5-12(10)18-13/h3-6,9H,2,7-8H2,1H3. The second-order valence-corrected chi connectivity index (χ2v) is 6.61. The van der Waals surface area contributed by atoms with Crippen LogP contribution in [-0.4, -0.2) is 33.5 Å². The van der Waals surface area contributed by atoms with Gasteiger partial charge in [0.15, 0.2) is 0 Å². The van der Waals surface area contributed by atoms with Crippen molar-refractivity contribution in [1.82, 2.24) is 0 Å². The maximum Gasteiger partial charge on any atom is 0.219 e. The van der Waals surface area contributed by atoms with E-state index in [1.807, 2.05) is 0 Å². The van der Waals surface area contributed by atoms with E-state index in [-0.39, 0.29) is 16.9 Å². The third-order valence-electron chi connectivity index (χ3n) is 3.01. The third-order valence-corrected chi connectivity index (χ3v) is 4.59. The maximum atomic E-state index is 11.8. The minimum absolute atomic E-state index is 0.0104. The molecule has 1 aliphatic heterocycles. The van der Waals surface area contributed by atoms with Gasteiger partial charge in [0.25, 0.3) is 0 Å². The molecule has 6 heteroatoms. The minimum atomic E-state index is -3.34. The number of hydrogen-bond acceptors (Lipinski definition) is 5. The van der Waals surface area contributed by atoms with Crippen LogP contribution in [0.4, 0.5) is 0 Å². The van der Waals surface area contributed by atoms with Gasteiger partial charge in [-0.15, -0.1) is 0 Å². The summed E-state index contributed by atoms with van der Waals surface area (Å²) in [5, 5.41) is 0.666. The summed E-state index contributed by atoms with van der Waals surface area (Å²) in [6.45, 7) is 2.78. The Kier molecular flexibility index (Phi) is 2.99. The summed E-state index contributed by atoms with van der Waals surface area (Å²) >= 11 is 0. The molecule has 1 aromatic carbocycles. The molecule has 1 aromatic heterocycles. The van der Waals surface area contributed by atoms with Gasteiger partial charge in [0.2, 0.25) is 14.9 Å². The largest absolute Gasteiger partial charge is 0.490 e. The average Bonchev–Trinajstić information content (AvgIpc) is 3.12. The predicted octanol–water partition coefficient (Wildman–Crippen LogP) is 2.00. The van der Waals surface area contributed by atoms with Gasteiger partial charge in [-0.25, -0.2) is 8.42 Å². The van der Waals surface area contributed by atoms with Crippen LogP contribution in [0.25, 0.3) is 11.0 Å². The Morgan fingerprint density at radius 2 is 2.21 bits per heavy atom. The first-order chi connectivity index (χ1) is 9.10. The van der Waals surface area contributed by atoms with E-state index in [4.69, 9.17) is 13.9 Å². The van der Waals surface area contributed by atoms with Gasteiger partial charge in [-0.3, -0.25) is 0 Å². The van der Waals surface area contributed by atoms with Crippen LogP contribution in [0.2, 0.25) is 0 Å². The van der Waals surface area contributed by atoms with Crippen LogP contribution in [0.3, 0.4) is 0 Å². The highest BCUT2D eigenvalue weighted by Gasteiger charge is 2.24. The van der Waals surface area contributed by atoms with E-state index in [0.717, 1.165) is 6.61 Å². The van der Waals surface area contributed by atoms with E-state index in [2.05, 4.69) is 0 Å². The van der Waals surface area contributed by atoms with E-state index in [0.29, 0.717) is 23.3 Å². The number of benzene rings is 1. The Bertz CT molecular complexity index is 697. The molecule has 1 fully saturated rings. The molecule has 0 N–H and O–H groups in total. The molecule has 0 bridgehead atoms. The molecule has 0 radical (unpaired) electrons. The van der Waals surface area contributed by atoms with Crippen LogP contribution in [0.1, 0.15) is 6.92 Å². The van der Waals surface area contributed by atoms with E-state index < -0.39 is 9.84 Å². The molecule has 0 spiro atoms. The average molecular weight is 282 g/mol. The van der Waals surface area contributed by atoms with Crippen molar-refractivity contribution in [3.63, 3.8) is 0 Å². The van der Waals surface area contributed by atoms with Crippen molar-refractivity contribution in [3.8, 4) is 5.75 Å². The molecule has 1 atom stereocenters. The molecule has 5 nitrogen and oxygen atoms in total. The van der Waals surface area contributed by atoms with Crippen LogP contribution in [0.5, 0.6) is 5.75 Å². The number of fused-ring (bicyclic) bond motifs is 1. The third kappa shape index (κ3) is 2.46. The summed E-state index contributed by atoms with van der Waals surface area (Å²) in [5.74, 6) is 0.633. The molecule has 19 heavy (non-hydrogen) atoms. The van der Waals surface area contributed by atoms with Crippen LogP contribution >= 0.6 is 0 Å². The van der Waals surface area contributed by atoms with Crippen LogP contribution < -0.4 is 4.74 Å². The lowest BCUT2D eigenvalue weighted by molar-refractivity contribution is 0.265. The fourth-order valence-electron chi connectivity index (χ4n) is 1.78. The van der Waals surface area contributed by atoms with E-state index in [1.54, 1.807) is 25.1 Å². The maximum absolute atomic E-state index is 11.8. The van der Waals surface area contributed by atoms with Crippen LogP contribution in [-0.2, 0) is 14.6 Å². The molecule has 1 aliphatic rings. The first-order valence-corrected chi connectivity index (χ1v) is 7.75. The summed E-state index contributed by atoms with van der Waals surface area (Å²) < 4.78 is 39.7. The topological polar surface area (TPSA) is 69.0 Å². The molecule has 102 valence electrons. The van der Waals surface area contributed by atoms with Crippen molar-refractivity contribution in [2.75, 3.05) is 19.0 Å². The second kappa shape index (κ2) is 4.54. The Hall–Kier alpha value is -1.53. The molecule has 2 aromatic rings. The van der Waals surface area contributed by atoms with E-state index >= 15 is 0 Å². The van der Waals surface area contributed by atoms with Crippen molar-refractivity contribution in [2.24, 2.45) is 0 Å². The quantitative estimate of drug-likeness (QED) is 0.785. The number of epoxide rings is 1. The number of furan rings is 1. The lowest BCUT2D eigenvalue weighted by Crippen LogP contribution is -2.04. The van der Waals surface area contributed by atoms with Gasteiger partial charge in [0.05, 0.1) is 17.7 Å². The summed E-state index contributed by atoms with van der Waals surface area (Å²) in [5.41, 5.74) is 0.515. The second-order valence-electron chi connectivity index (χ2n) is 4.40. The smallest absolute Gasteiger partial charge is 0.219 e. The van der Waals surface area contributed by atoms with Crippen molar-refractivity contribution in [1.29, 1.82) is 0 Å². The Morgan fingerprint density at radius 1 is 1.42 bits per heavy atom. The van der Waals surface area contributed by atoms with Gasteiger partial charge in [0, 0.05) is 6.07 Å². The lowest BCUT2D eigenvalue weighted by Gasteiger charge is -2.04. The fourth-order valence-corrected chi connectivity index (χ4v) is 2.58. The molecule has 0 aliphatic carbocycles. The zero-order valence-electron chi connectivity index (χ0n) is 10.5. The minimum Gasteiger partial charge on any atom is -0.490 e. The van der Waals surface area contributed by atoms with Gasteiger partial charge in [-0.1, -0.05) is 13.0 Å². The molecular weight excluding hydrogens is 268 g/mol. The fraction of sp³-hybridized carbons (Fsp3) is 0.385. The highest BCUT2D eigenvalue weighted by Crippen LogP contribution is 2.31. The molecule has 3 rings (SSSR count). The SMILES string of the molecule is CCS(=O)(=O)c1cc2c(OCC3CO3)cccc2o1. The summed E-state index contributed by atoms with van der Waals surface area (Å²) in [4.78, 5) is 0. The molecule has 0 saturated carbocycles. The van der Waals surface area contributed by atoms with Crippen molar-refractivity contribution >= 4 is 20.8 Å². The normalized spacial score (nSPS) is 18.7. The monoisotopic (exact) mass is 282 g/mol. The van der Waals surface area contributed by atoms with E-state index in [1.165, 1.54) is 6.07 Å². The summed E-state index contributed by atoms with van der Waals surface area (Å²) in [6.07, 6.45) is 0.154. The molecule has 0 amide bonds. The Balaban J connectivity index is 1.99. The highest BCUT2D eigenvalue weighted by atomic mass is 32.2. The zero-order valence-corrected chi connectivity index (χ0v) is 11.3. The molecular formula is C13H14O5S. The molecule has 2 heterocycles. The van der Waals surface area contributed by atoms with Gasteiger partial charge in [0.1, 0.15) is 24.0 Å². The highest BCUT2D eigenvalue weighted by molar-refractivity contribution is 7.91. The number of rotatable bonds is 5. The van der Waals surface area contributed by atoms with Crippen molar-refractivity contribution in [3.05, 3.63) is 24.3 Å². The lowest BCUT2D eigenvalue weighted by atomic mass is 10.2. The molecule has 1 unspecified atom stereocenters. The number of ether oxygens (including phenoxy) is 2. The zero-order chi connectivity index (χ0) is 13.5. The van der Waals surface area contributed by atoms with E-state index in [9.17, 15) is 8.42 Å². The predicted molar refractivity (Wildman–Crippen MR) is 69.2 cm³/mol. The first kappa shape index (κ1) is 12.5. The summed E-state index contributed by atoms with van der Waals surface area (Å²) in [7, 11) is -3.34. The first-order valence-electron chi connectivity index (χ1n) is 6.10. The Morgan fingerprint density at radius 3 is 2.89 bits per heavy atom. The number of sulfone groups is 1. The summed E-state index contributed by atoms with van der Waals surface area (Å²) in [6, 6.07) is 6.82.